The van der Waals surface area contributed by atoms with E-state index in [0.717, 1.165) is 10.7 Å². The number of hydrazone groups is 1. The zero-order chi connectivity index (χ0) is 22.2. The van der Waals surface area contributed by atoms with E-state index in [4.69, 9.17) is 4.42 Å². The number of furan rings is 1. The SMILES string of the molecule is Cc1ccccc1S(=O)(=O)Nc1ccc(C2=NN(S(C)(=O)=O)C(c3ccco3)C2)cc1. The minimum atomic E-state index is -3.72. The van der Waals surface area contributed by atoms with Gasteiger partial charge in [-0.05, 0) is 48.4 Å². The Kier molecular flexibility index (Phi) is 5.36. The molecule has 0 radical (unpaired) electrons. The molecular weight excluding hydrogens is 438 g/mol. The second kappa shape index (κ2) is 7.86. The largest absolute Gasteiger partial charge is 0.467 e. The van der Waals surface area contributed by atoms with Crippen molar-refractivity contribution in [2.24, 2.45) is 5.10 Å². The van der Waals surface area contributed by atoms with Crippen LogP contribution >= 0.6 is 0 Å². The molecule has 1 aromatic heterocycles. The van der Waals surface area contributed by atoms with Gasteiger partial charge in [-0.1, -0.05) is 30.3 Å². The first-order valence-corrected chi connectivity index (χ1v) is 12.8. The van der Waals surface area contributed by atoms with E-state index in [1.54, 1.807) is 67.6 Å². The van der Waals surface area contributed by atoms with Gasteiger partial charge in [-0.2, -0.15) is 9.52 Å². The van der Waals surface area contributed by atoms with Crippen molar-refractivity contribution in [2.45, 2.75) is 24.3 Å². The first kappa shape index (κ1) is 21.1. The number of hydrogen-bond acceptors (Lipinski definition) is 6. The van der Waals surface area contributed by atoms with Crippen molar-refractivity contribution in [2.75, 3.05) is 11.0 Å². The number of nitrogens with zero attached hydrogens (tertiary/aromatic N) is 2. The molecule has 31 heavy (non-hydrogen) atoms. The van der Waals surface area contributed by atoms with E-state index in [1.807, 2.05) is 0 Å². The van der Waals surface area contributed by atoms with E-state index in [0.29, 0.717) is 34.7 Å². The lowest BCUT2D eigenvalue weighted by Gasteiger charge is -2.18. The van der Waals surface area contributed by atoms with Gasteiger partial charge in [-0.3, -0.25) is 4.72 Å². The van der Waals surface area contributed by atoms with Gasteiger partial charge >= 0.3 is 0 Å². The molecule has 1 atom stereocenters. The van der Waals surface area contributed by atoms with Crippen molar-refractivity contribution in [1.82, 2.24) is 4.41 Å². The van der Waals surface area contributed by atoms with Crippen LogP contribution in [0, 0.1) is 6.92 Å². The van der Waals surface area contributed by atoms with Gasteiger partial charge in [0.05, 0.1) is 23.1 Å². The highest BCUT2D eigenvalue weighted by atomic mass is 32.2. The maximum Gasteiger partial charge on any atom is 0.262 e. The molecule has 0 aliphatic carbocycles. The molecule has 1 aliphatic rings. The van der Waals surface area contributed by atoms with Gasteiger partial charge < -0.3 is 4.42 Å². The van der Waals surface area contributed by atoms with Gasteiger partial charge in [-0.15, -0.1) is 0 Å². The zero-order valence-corrected chi connectivity index (χ0v) is 18.5. The predicted octanol–water partition coefficient (Wildman–Crippen LogP) is 3.50. The predicted molar refractivity (Wildman–Crippen MR) is 118 cm³/mol. The summed E-state index contributed by atoms with van der Waals surface area (Å²) in [5.74, 6) is 0.506. The van der Waals surface area contributed by atoms with E-state index < -0.39 is 26.1 Å². The van der Waals surface area contributed by atoms with Gasteiger partial charge in [0.25, 0.3) is 10.0 Å². The highest BCUT2D eigenvalue weighted by molar-refractivity contribution is 7.92. The Morgan fingerprint density at radius 2 is 1.71 bits per heavy atom. The maximum absolute atomic E-state index is 12.7. The van der Waals surface area contributed by atoms with E-state index in [1.165, 1.54) is 6.26 Å². The Morgan fingerprint density at radius 1 is 1.00 bits per heavy atom. The lowest BCUT2D eigenvalue weighted by atomic mass is 10.0. The third-order valence-electron chi connectivity index (χ3n) is 4.94. The Hall–Kier alpha value is -3.11. The van der Waals surface area contributed by atoms with Crippen LogP contribution in [0.1, 0.15) is 29.3 Å². The smallest absolute Gasteiger partial charge is 0.262 e. The Balaban J connectivity index is 1.58. The molecule has 8 nitrogen and oxygen atoms in total. The fraction of sp³-hybridized carbons (Fsp3) is 0.190. The number of anilines is 1. The first-order valence-electron chi connectivity index (χ1n) is 9.44. The lowest BCUT2D eigenvalue weighted by Crippen LogP contribution is -2.25. The van der Waals surface area contributed by atoms with Crippen LogP contribution in [0.25, 0.3) is 0 Å². The molecule has 1 aliphatic heterocycles. The van der Waals surface area contributed by atoms with Crippen LogP contribution in [-0.2, 0) is 20.0 Å². The molecule has 0 amide bonds. The summed E-state index contributed by atoms with van der Waals surface area (Å²) in [6, 6.07) is 16.3. The summed E-state index contributed by atoms with van der Waals surface area (Å²) in [6.45, 7) is 1.73. The molecular formula is C21H21N3O5S2. The van der Waals surface area contributed by atoms with Crippen LogP contribution < -0.4 is 4.72 Å². The summed E-state index contributed by atoms with van der Waals surface area (Å²) >= 11 is 0. The van der Waals surface area contributed by atoms with Crippen LogP contribution in [0.4, 0.5) is 5.69 Å². The molecule has 3 aromatic rings. The summed E-state index contributed by atoms with van der Waals surface area (Å²) in [5.41, 5.74) is 2.31. The summed E-state index contributed by atoms with van der Waals surface area (Å²) in [6.07, 6.45) is 2.93. The van der Waals surface area contributed by atoms with Crippen LogP contribution in [0.2, 0.25) is 0 Å². The maximum atomic E-state index is 12.7. The zero-order valence-electron chi connectivity index (χ0n) is 16.9. The molecule has 2 heterocycles. The average Bonchev–Trinajstić information content (AvgIpc) is 3.38. The molecule has 4 rings (SSSR count). The standard InChI is InChI=1S/C21H21N3O5S2/c1-15-6-3-4-8-21(15)31(27,28)23-17-11-9-16(10-12-17)18-14-19(20-7-5-13-29-20)24(22-18)30(2,25)26/h3-13,19,23H,14H2,1-2H3. The second-order valence-electron chi connectivity index (χ2n) is 7.27. The van der Waals surface area contributed by atoms with Gasteiger partial charge in [0.1, 0.15) is 11.8 Å². The van der Waals surface area contributed by atoms with E-state index >= 15 is 0 Å². The van der Waals surface area contributed by atoms with Crippen molar-refractivity contribution in [3.8, 4) is 0 Å². The van der Waals surface area contributed by atoms with Gasteiger partial charge in [-0.25, -0.2) is 16.8 Å². The first-order chi connectivity index (χ1) is 14.6. The summed E-state index contributed by atoms with van der Waals surface area (Å²) in [5, 5.41) is 4.29. The summed E-state index contributed by atoms with van der Waals surface area (Å²) in [4.78, 5) is 0.212. The fourth-order valence-electron chi connectivity index (χ4n) is 3.46. The molecule has 2 aromatic carbocycles. The number of rotatable bonds is 6. The van der Waals surface area contributed by atoms with Crippen molar-refractivity contribution in [1.29, 1.82) is 0 Å². The lowest BCUT2D eigenvalue weighted by molar-refractivity contribution is 0.322. The van der Waals surface area contributed by atoms with Crippen LogP contribution in [0.15, 0.2) is 81.3 Å². The monoisotopic (exact) mass is 459 g/mol. The molecule has 10 heteroatoms. The normalized spacial score (nSPS) is 16.9. The molecule has 1 unspecified atom stereocenters. The quantitative estimate of drug-likeness (QED) is 0.607. The number of hydrogen-bond donors (Lipinski definition) is 1. The molecule has 1 N–H and O–H groups in total. The van der Waals surface area contributed by atoms with E-state index in [9.17, 15) is 16.8 Å². The summed E-state index contributed by atoms with van der Waals surface area (Å²) in [7, 11) is -7.31. The van der Waals surface area contributed by atoms with Crippen LogP contribution in [0.5, 0.6) is 0 Å². The topological polar surface area (TPSA) is 109 Å². The Morgan fingerprint density at radius 3 is 2.32 bits per heavy atom. The molecule has 0 saturated carbocycles. The minimum Gasteiger partial charge on any atom is -0.467 e. The summed E-state index contributed by atoms with van der Waals surface area (Å²) < 4.78 is 58.7. The third kappa shape index (κ3) is 4.35. The molecule has 0 saturated heterocycles. The number of benzene rings is 2. The Labute approximate surface area is 181 Å². The van der Waals surface area contributed by atoms with Crippen LogP contribution in [0.3, 0.4) is 0 Å². The van der Waals surface area contributed by atoms with Crippen molar-refractivity contribution >= 4 is 31.4 Å². The van der Waals surface area contributed by atoms with Gasteiger partial charge in [0.2, 0.25) is 10.0 Å². The Bertz CT molecular complexity index is 1330. The van der Waals surface area contributed by atoms with E-state index in [-0.39, 0.29) is 4.90 Å². The molecule has 0 spiro atoms. The van der Waals surface area contributed by atoms with Gasteiger partial charge in [0, 0.05) is 12.1 Å². The third-order valence-corrected chi connectivity index (χ3v) is 7.49. The molecule has 162 valence electrons. The van der Waals surface area contributed by atoms with Crippen LogP contribution in [-0.4, -0.2) is 33.2 Å². The van der Waals surface area contributed by atoms with Crippen molar-refractivity contribution in [3.05, 3.63) is 83.8 Å². The highest BCUT2D eigenvalue weighted by Crippen LogP contribution is 2.35. The molecule has 0 fully saturated rings. The number of sulfonamides is 2. The number of aryl methyl sites for hydroxylation is 1. The number of nitrogens with one attached hydrogen (secondary N) is 1. The van der Waals surface area contributed by atoms with Crippen molar-refractivity contribution in [3.63, 3.8) is 0 Å². The average molecular weight is 460 g/mol. The van der Waals surface area contributed by atoms with E-state index in [2.05, 4.69) is 9.82 Å². The highest BCUT2D eigenvalue weighted by Gasteiger charge is 2.36. The fourth-order valence-corrected chi connectivity index (χ4v) is 5.65. The molecule has 0 bridgehead atoms. The van der Waals surface area contributed by atoms with Gasteiger partial charge in [0.15, 0.2) is 0 Å². The second-order valence-corrected chi connectivity index (χ2v) is 10.8. The minimum absolute atomic E-state index is 0.212. The van der Waals surface area contributed by atoms with Crippen molar-refractivity contribution < 1.29 is 21.3 Å².